The van der Waals surface area contributed by atoms with Crippen LogP contribution in [0.3, 0.4) is 0 Å². The number of hydrogen-bond donors (Lipinski definition) is 3. The van der Waals surface area contributed by atoms with E-state index in [0.717, 1.165) is 0 Å². The molecule has 12 heavy (non-hydrogen) atoms. The third-order valence-electron chi connectivity index (χ3n) is 1.18. The molecular formula is C8H15N3O. The van der Waals surface area contributed by atoms with Gasteiger partial charge in [0.1, 0.15) is 5.82 Å². The molecule has 0 saturated heterocycles. The fourth-order valence-electron chi connectivity index (χ4n) is 0.487. The molecule has 0 rings (SSSR count). The van der Waals surface area contributed by atoms with Gasteiger partial charge in [0.15, 0.2) is 0 Å². The van der Waals surface area contributed by atoms with Gasteiger partial charge in [-0.2, -0.15) is 0 Å². The summed E-state index contributed by atoms with van der Waals surface area (Å²) in [6.07, 6.45) is 4.42. The monoisotopic (exact) mass is 169 g/mol. The van der Waals surface area contributed by atoms with Crippen LogP contribution in [0.1, 0.15) is 13.8 Å². The van der Waals surface area contributed by atoms with Crippen molar-refractivity contribution in [2.24, 2.45) is 17.4 Å². The first kappa shape index (κ1) is 10.6. The zero-order valence-corrected chi connectivity index (χ0v) is 7.37. The molecule has 0 heterocycles. The Balaban J connectivity index is 4.00. The third-order valence-corrected chi connectivity index (χ3v) is 1.18. The first-order valence-electron chi connectivity index (χ1n) is 3.72. The van der Waals surface area contributed by atoms with E-state index in [1.165, 1.54) is 12.3 Å². The first-order chi connectivity index (χ1) is 5.57. The number of amides is 1. The molecule has 4 nitrogen and oxygen atoms in total. The number of carbonyl (C=O) groups is 1. The minimum absolute atomic E-state index is 0.0705. The van der Waals surface area contributed by atoms with Gasteiger partial charge >= 0.3 is 0 Å². The second-order valence-corrected chi connectivity index (χ2v) is 2.65. The summed E-state index contributed by atoms with van der Waals surface area (Å²) in [5.41, 5.74) is 10.5. The van der Waals surface area contributed by atoms with Gasteiger partial charge in [0.25, 0.3) is 0 Å². The lowest BCUT2D eigenvalue weighted by atomic mass is 10.2. The maximum absolute atomic E-state index is 11.0. The topological polar surface area (TPSA) is 81.1 Å². The van der Waals surface area contributed by atoms with Crippen LogP contribution in [0, 0.1) is 5.92 Å². The van der Waals surface area contributed by atoms with Gasteiger partial charge in [-0.15, -0.1) is 0 Å². The van der Waals surface area contributed by atoms with E-state index in [2.05, 4.69) is 5.32 Å². The average molecular weight is 169 g/mol. The molecule has 0 radical (unpaired) electrons. The van der Waals surface area contributed by atoms with Gasteiger partial charge in [0.05, 0.1) is 0 Å². The van der Waals surface area contributed by atoms with E-state index >= 15 is 0 Å². The van der Waals surface area contributed by atoms with Crippen molar-refractivity contribution in [3.8, 4) is 0 Å². The molecule has 0 spiro atoms. The van der Waals surface area contributed by atoms with Gasteiger partial charge in [0.2, 0.25) is 5.91 Å². The van der Waals surface area contributed by atoms with Crippen molar-refractivity contribution in [3.63, 3.8) is 0 Å². The standard InChI is InChI=1S/C8H15N3O/c1-6(2)8(12)11-7(10)4-3-5-9/h3-6H,9-10H2,1-2H3,(H,11,12)/b5-3-,7-4+. The van der Waals surface area contributed by atoms with E-state index in [4.69, 9.17) is 11.5 Å². The molecule has 0 saturated carbocycles. The number of rotatable bonds is 3. The molecular weight excluding hydrogens is 154 g/mol. The Labute approximate surface area is 72.3 Å². The Hall–Kier alpha value is -1.45. The highest BCUT2D eigenvalue weighted by molar-refractivity contribution is 5.79. The number of nitrogens with one attached hydrogen (secondary N) is 1. The molecule has 0 atom stereocenters. The summed E-state index contributed by atoms with van der Waals surface area (Å²) in [6.45, 7) is 3.59. The molecule has 0 bridgehead atoms. The SMILES string of the molecule is CC(C)C(=O)N/C(N)=C/C=C\N. The van der Waals surface area contributed by atoms with Crippen molar-refractivity contribution in [1.82, 2.24) is 5.32 Å². The summed E-state index contributed by atoms with van der Waals surface area (Å²) in [6, 6.07) is 0. The van der Waals surface area contributed by atoms with Gasteiger partial charge in [-0.3, -0.25) is 4.79 Å². The van der Waals surface area contributed by atoms with E-state index in [1.54, 1.807) is 19.9 Å². The van der Waals surface area contributed by atoms with Crippen LogP contribution in [0.4, 0.5) is 0 Å². The molecule has 0 aromatic carbocycles. The fraction of sp³-hybridized carbons (Fsp3) is 0.375. The molecule has 68 valence electrons. The lowest BCUT2D eigenvalue weighted by Crippen LogP contribution is -2.30. The number of nitrogens with two attached hydrogens (primary N) is 2. The Kier molecular flexibility index (Phi) is 4.60. The zero-order chi connectivity index (χ0) is 9.56. The van der Waals surface area contributed by atoms with Gasteiger partial charge in [-0.1, -0.05) is 13.8 Å². The highest BCUT2D eigenvalue weighted by atomic mass is 16.1. The van der Waals surface area contributed by atoms with E-state index < -0.39 is 0 Å². The van der Waals surface area contributed by atoms with Crippen molar-refractivity contribution in [1.29, 1.82) is 0 Å². The molecule has 0 aromatic heterocycles. The predicted octanol–water partition coefficient (Wildman–Crippen LogP) is 0.0311. The van der Waals surface area contributed by atoms with E-state index in [0.29, 0.717) is 5.82 Å². The van der Waals surface area contributed by atoms with Gasteiger partial charge in [-0.05, 0) is 18.4 Å². The van der Waals surface area contributed by atoms with Gasteiger partial charge < -0.3 is 16.8 Å². The maximum atomic E-state index is 11.0. The molecule has 4 heteroatoms. The summed E-state index contributed by atoms with van der Waals surface area (Å²) >= 11 is 0. The van der Waals surface area contributed by atoms with Crippen molar-refractivity contribution in [2.75, 3.05) is 0 Å². The van der Waals surface area contributed by atoms with Crippen molar-refractivity contribution in [3.05, 3.63) is 24.2 Å². The smallest absolute Gasteiger partial charge is 0.228 e. The third kappa shape index (κ3) is 4.38. The van der Waals surface area contributed by atoms with Crippen molar-refractivity contribution >= 4 is 5.91 Å². The Morgan fingerprint density at radius 1 is 1.50 bits per heavy atom. The second-order valence-electron chi connectivity index (χ2n) is 2.65. The largest absolute Gasteiger partial charge is 0.405 e. The highest BCUT2D eigenvalue weighted by Gasteiger charge is 2.05. The van der Waals surface area contributed by atoms with Gasteiger partial charge in [-0.25, -0.2) is 0 Å². The highest BCUT2D eigenvalue weighted by Crippen LogP contribution is 1.91. The normalized spacial score (nSPS) is 12.4. The van der Waals surface area contributed by atoms with Crippen LogP contribution >= 0.6 is 0 Å². The van der Waals surface area contributed by atoms with E-state index in [1.807, 2.05) is 0 Å². The van der Waals surface area contributed by atoms with Crippen molar-refractivity contribution < 1.29 is 4.79 Å². The molecule has 5 N–H and O–H groups in total. The Morgan fingerprint density at radius 2 is 2.08 bits per heavy atom. The summed E-state index contributed by atoms with van der Waals surface area (Å²) in [5.74, 6) is 0.128. The van der Waals surface area contributed by atoms with E-state index in [-0.39, 0.29) is 11.8 Å². The average Bonchev–Trinajstić information content (AvgIpc) is 2.00. The summed E-state index contributed by atoms with van der Waals surface area (Å²) < 4.78 is 0. The van der Waals surface area contributed by atoms with Crippen molar-refractivity contribution in [2.45, 2.75) is 13.8 Å². The fourth-order valence-corrected chi connectivity index (χ4v) is 0.487. The van der Waals surface area contributed by atoms with Gasteiger partial charge in [0, 0.05) is 5.92 Å². The predicted molar refractivity (Wildman–Crippen MR) is 48.6 cm³/mol. The summed E-state index contributed by atoms with van der Waals surface area (Å²) in [4.78, 5) is 11.0. The number of hydrogen-bond acceptors (Lipinski definition) is 3. The zero-order valence-electron chi connectivity index (χ0n) is 7.37. The van der Waals surface area contributed by atoms with E-state index in [9.17, 15) is 4.79 Å². The van der Waals surface area contributed by atoms with Crippen LogP contribution in [0.25, 0.3) is 0 Å². The molecule has 0 aliphatic rings. The summed E-state index contributed by atoms with van der Waals surface area (Å²) in [7, 11) is 0. The van der Waals surface area contributed by atoms with Crippen LogP contribution in [0.15, 0.2) is 24.2 Å². The minimum atomic E-state index is -0.103. The second kappa shape index (κ2) is 5.23. The van der Waals surface area contributed by atoms with Crippen LogP contribution in [0.5, 0.6) is 0 Å². The minimum Gasteiger partial charge on any atom is -0.405 e. The Morgan fingerprint density at radius 3 is 2.50 bits per heavy atom. The first-order valence-corrected chi connectivity index (χ1v) is 3.72. The lowest BCUT2D eigenvalue weighted by molar-refractivity contribution is -0.123. The van der Waals surface area contributed by atoms with Crippen LogP contribution < -0.4 is 16.8 Å². The lowest BCUT2D eigenvalue weighted by Gasteiger charge is -2.06. The molecule has 1 amide bonds. The van der Waals surface area contributed by atoms with Crippen LogP contribution in [-0.2, 0) is 4.79 Å². The van der Waals surface area contributed by atoms with Crippen LogP contribution in [-0.4, -0.2) is 5.91 Å². The Bertz CT molecular complexity index is 206. The quantitative estimate of drug-likeness (QED) is 0.521. The molecule has 0 aliphatic heterocycles. The molecule has 0 aliphatic carbocycles. The molecule has 0 fully saturated rings. The molecule has 0 aromatic rings. The van der Waals surface area contributed by atoms with Crippen LogP contribution in [0.2, 0.25) is 0 Å². The number of carbonyl (C=O) groups excluding carboxylic acids is 1. The maximum Gasteiger partial charge on any atom is 0.228 e. The molecule has 0 unspecified atom stereocenters. The summed E-state index contributed by atoms with van der Waals surface area (Å²) in [5, 5.41) is 2.51. The number of allylic oxidation sites excluding steroid dienone is 2.